The maximum Gasteiger partial charge on any atom is 0.250 e. The molecule has 1 aliphatic carbocycles. The molecule has 172 valence electrons. The second kappa shape index (κ2) is 9.23. The highest BCUT2D eigenvalue weighted by Crippen LogP contribution is 2.35. The number of aliphatic hydroxyl groups excluding tert-OH is 1. The zero-order valence-electron chi connectivity index (χ0n) is 19.2. The Kier molecular flexibility index (Phi) is 5.99. The number of nitrogens with zero attached hydrogens (tertiary/aromatic N) is 2. The van der Waals surface area contributed by atoms with Crippen LogP contribution in [0.15, 0.2) is 67.1 Å². The fourth-order valence-electron chi connectivity index (χ4n) is 4.86. The second-order valence-corrected chi connectivity index (χ2v) is 9.09. The molecule has 0 spiro atoms. The molecule has 0 bridgehead atoms. The van der Waals surface area contributed by atoms with Gasteiger partial charge in [0.25, 0.3) is 5.91 Å². The lowest BCUT2D eigenvalue weighted by Crippen LogP contribution is -2.29. The zero-order chi connectivity index (χ0) is 23.7. The van der Waals surface area contributed by atoms with Crippen molar-refractivity contribution in [1.29, 1.82) is 0 Å². The van der Waals surface area contributed by atoms with Crippen molar-refractivity contribution in [3.8, 4) is 22.4 Å². The van der Waals surface area contributed by atoms with Gasteiger partial charge < -0.3 is 16.2 Å². The largest absolute Gasteiger partial charge is 0.393 e. The number of hydrogen-bond donors (Lipinski definition) is 3. The number of amides is 1. The third-order valence-corrected chi connectivity index (χ3v) is 6.61. The molecule has 0 aliphatic heterocycles. The Morgan fingerprint density at radius 2 is 1.82 bits per heavy atom. The molecule has 5 rings (SSSR count). The van der Waals surface area contributed by atoms with Gasteiger partial charge in [0.05, 0.1) is 17.4 Å². The molecule has 2 aromatic carbocycles. The molecule has 0 saturated heterocycles. The van der Waals surface area contributed by atoms with E-state index in [9.17, 15) is 9.90 Å². The minimum absolute atomic E-state index is 0.192. The summed E-state index contributed by atoms with van der Waals surface area (Å²) >= 11 is 0. The highest BCUT2D eigenvalue weighted by Gasteiger charge is 2.21. The minimum atomic E-state index is -0.468. The summed E-state index contributed by atoms with van der Waals surface area (Å²) in [5, 5.41) is 15.5. The topological polar surface area (TPSA) is 101 Å². The number of benzene rings is 2. The number of rotatable bonds is 5. The summed E-state index contributed by atoms with van der Waals surface area (Å²) < 4.78 is 0. The predicted molar refractivity (Wildman–Crippen MR) is 136 cm³/mol. The van der Waals surface area contributed by atoms with Crippen molar-refractivity contribution < 1.29 is 9.90 Å². The van der Waals surface area contributed by atoms with Crippen molar-refractivity contribution in [2.24, 2.45) is 5.73 Å². The number of aliphatic hydroxyl groups is 1. The third kappa shape index (κ3) is 4.37. The minimum Gasteiger partial charge on any atom is -0.393 e. The molecule has 0 unspecified atom stereocenters. The number of aryl methyl sites for hydroxylation is 1. The van der Waals surface area contributed by atoms with Gasteiger partial charge in [0.1, 0.15) is 0 Å². The van der Waals surface area contributed by atoms with Crippen molar-refractivity contribution >= 4 is 22.4 Å². The van der Waals surface area contributed by atoms with E-state index in [1.807, 2.05) is 49.8 Å². The first-order valence-electron chi connectivity index (χ1n) is 11.7. The molecule has 0 radical (unpaired) electrons. The summed E-state index contributed by atoms with van der Waals surface area (Å²) in [6.07, 6.45) is 8.53. The fraction of sp³-hybridized carbons (Fsp3) is 0.250. The Balaban J connectivity index is 1.58. The standard InChI is InChI=1S/C28H28N4O2/c1-17-13-19(16-30-15-17)22-3-2-4-24-23(22)11-12-31-27(24)18-5-10-25(28(29)34)26(14-18)32-20-6-8-21(33)9-7-20/h2-5,10-16,20-21,32-33H,6-9H2,1H3,(H2,29,34). The Hall–Kier alpha value is -3.77. The van der Waals surface area contributed by atoms with E-state index in [0.717, 1.165) is 64.4 Å². The number of nitrogens with one attached hydrogen (secondary N) is 1. The van der Waals surface area contributed by atoms with Crippen LogP contribution in [0.25, 0.3) is 33.2 Å². The van der Waals surface area contributed by atoms with Crippen LogP contribution in [-0.2, 0) is 0 Å². The first-order valence-corrected chi connectivity index (χ1v) is 11.7. The van der Waals surface area contributed by atoms with E-state index in [1.54, 1.807) is 6.07 Å². The number of carbonyl (C=O) groups is 1. The number of aromatic nitrogens is 2. The van der Waals surface area contributed by atoms with Crippen LogP contribution in [0.5, 0.6) is 0 Å². The number of fused-ring (bicyclic) bond motifs is 1. The molecule has 0 atom stereocenters. The van der Waals surface area contributed by atoms with Gasteiger partial charge in [-0.3, -0.25) is 14.8 Å². The highest BCUT2D eigenvalue weighted by atomic mass is 16.3. The summed E-state index contributed by atoms with van der Waals surface area (Å²) in [4.78, 5) is 21.2. The lowest BCUT2D eigenvalue weighted by Gasteiger charge is -2.28. The van der Waals surface area contributed by atoms with Crippen LogP contribution in [0.2, 0.25) is 0 Å². The molecule has 34 heavy (non-hydrogen) atoms. The molecule has 4 aromatic rings. The van der Waals surface area contributed by atoms with Gasteiger partial charge in [-0.2, -0.15) is 0 Å². The highest BCUT2D eigenvalue weighted by molar-refractivity contribution is 6.04. The summed E-state index contributed by atoms with van der Waals surface area (Å²) in [6.45, 7) is 2.04. The van der Waals surface area contributed by atoms with Crippen LogP contribution in [0.4, 0.5) is 5.69 Å². The van der Waals surface area contributed by atoms with Gasteiger partial charge >= 0.3 is 0 Å². The normalized spacial score (nSPS) is 18.1. The molecule has 1 amide bonds. The first-order chi connectivity index (χ1) is 16.5. The van der Waals surface area contributed by atoms with Gasteiger partial charge in [0.15, 0.2) is 0 Å². The van der Waals surface area contributed by atoms with Crippen LogP contribution in [0, 0.1) is 6.92 Å². The molecule has 1 aliphatic rings. The van der Waals surface area contributed by atoms with Crippen molar-refractivity contribution in [2.45, 2.75) is 44.8 Å². The average Bonchev–Trinajstić information content (AvgIpc) is 2.84. The maximum atomic E-state index is 12.1. The van der Waals surface area contributed by atoms with Crippen molar-refractivity contribution in [1.82, 2.24) is 9.97 Å². The van der Waals surface area contributed by atoms with Gasteiger partial charge in [-0.15, -0.1) is 0 Å². The number of primary amides is 1. The predicted octanol–water partition coefficient (Wildman–Crippen LogP) is 5.09. The van der Waals surface area contributed by atoms with Gasteiger partial charge in [0, 0.05) is 46.8 Å². The van der Waals surface area contributed by atoms with Gasteiger partial charge in [-0.1, -0.05) is 24.3 Å². The lowest BCUT2D eigenvalue weighted by atomic mass is 9.92. The molecule has 6 heteroatoms. The first kappa shape index (κ1) is 22.0. The van der Waals surface area contributed by atoms with E-state index in [2.05, 4.69) is 28.5 Å². The molecule has 1 fully saturated rings. The third-order valence-electron chi connectivity index (χ3n) is 6.61. The van der Waals surface area contributed by atoms with Crippen molar-refractivity contribution in [3.63, 3.8) is 0 Å². The van der Waals surface area contributed by atoms with E-state index < -0.39 is 5.91 Å². The Morgan fingerprint density at radius 3 is 2.59 bits per heavy atom. The quantitative estimate of drug-likeness (QED) is 0.392. The summed E-state index contributed by atoms with van der Waals surface area (Å²) in [7, 11) is 0. The smallest absolute Gasteiger partial charge is 0.250 e. The van der Waals surface area contributed by atoms with E-state index in [1.165, 1.54) is 0 Å². The molecule has 6 nitrogen and oxygen atoms in total. The van der Waals surface area contributed by atoms with E-state index in [-0.39, 0.29) is 12.1 Å². The van der Waals surface area contributed by atoms with Gasteiger partial charge in [-0.05, 0) is 73.4 Å². The molecule has 1 saturated carbocycles. The lowest BCUT2D eigenvalue weighted by molar-refractivity contribution is 0.100. The van der Waals surface area contributed by atoms with Gasteiger partial charge in [-0.25, -0.2) is 0 Å². The monoisotopic (exact) mass is 452 g/mol. The summed E-state index contributed by atoms with van der Waals surface area (Å²) in [6, 6.07) is 16.2. The van der Waals surface area contributed by atoms with Crippen molar-refractivity contribution in [3.05, 3.63) is 78.2 Å². The summed E-state index contributed by atoms with van der Waals surface area (Å²) in [5.74, 6) is -0.468. The number of hydrogen-bond acceptors (Lipinski definition) is 5. The fourth-order valence-corrected chi connectivity index (χ4v) is 4.86. The molecular weight excluding hydrogens is 424 g/mol. The zero-order valence-corrected chi connectivity index (χ0v) is 19.2. The summed E-state index contributed by atoms with van der Waals surface area (Å²) in [5.41, 5.74) is 11.9. The average molecular weight is 453 g/mol. The molecule has 2 heterocycles. The Morgan fingerprint density at radius 1 is 1.00 bits per heavy atom. The Bertz CT molecular complexity index is 1360. The van der Waals surface area contributed by atoms with Crippen LogP contribution in [0.3, 0.4) is 0 Å². The van der Waals surface area contributed by atoms with Crippen molar-refractivity contribution in [2.75, 3.05) is 5.32 Å². The second-order valence-electron chi connectivity index (χ2n) is 9.09. The number of anilines is 1. The molecule has 4 N–H and O–H groups in total. The van der Waals surface area contributed by atoms with Crippen LogP contribution in [-0.4, -0.2) is 33.1 Å². The number of carbonyl (C=O) groups excluding carboxylic acids is 1. The van der Waals surface area contributed by atoms with Crippen LogP contribution < -0.4 is 11.1 Å². The maximum absolute atomic E-state index is 12.1. The van der Waals surface area contributed by atoms with Crippen LogP contribution in [0.1, 0.15) is 41.6 Å². The molecular formula is C28H28N4O2. The van der Waals surface area contributed by atoms with Gasteiger partial charge in [0.2, 0.25) is 0 Å². The van der Waals surface area contributed by atoms with E-state index in [4.69, 9.17) is 10.7 Å². The number of pyridine rings is 2. The molecule has 2 aromatic heterocycles. The number of nitrogens with two attached hydrogens (primary N) is 1. The van der Waals surface area contributed by atoms with E-state index in [0.29, 0.717) is 11.3 Å². The SMILES string of the molecule is Cc1cncc(-c2cccc3c(-c4ccc(C(N)=O)c(NC5CCC(O)CC5)c4)nccc23)c1. The van der Waals surface area contributed by atoms with Crippen LogP contribution >= 0.6 is 0 Å². The van der Waals surface area contributed by atoms with E-state index >= 15 is 0 Å². The Labute approximate surface area is 198 Å².